The molecule has 1 fully saturated rings. The van der Waals surface area contributed by atoms with E-state index in [2.05, 4.69) is 29.5 Å². The number of furan rings is 1. The average Bonchev–Trinajstić information content (AvgIpc) is 2.76. The van der Waals surface area contributed by atoms with Crippen LogP contribution in [0.5, 0.6) is 0 Å². The maximum absolute atomic E-state index is 5.79. The molecule has 0 aromatic carbocycles. The van der Waals surface area contributed by atoms with E-state index in [9.17, 15) is 0 Å². The Morgan fingerprint density at radius 3 is 2.94 bits per heavy atom. The monoisotopic (exact) mass is 232 g/mol. The molecule has 0 spiro atoms. The van der Waals surface area contributed by atoms with Gasteiger partial charge in [0.25, 0.3) is 0 Å². The first kappa shape index (κ1) is 10.6. The van der Waals surface area contributed by atoms with E-state index in [-0.39, 0.29) is 0 Å². The second-order valence-corrected chi connectivity index (χ2v) is 4.72. The molecule has 4 heteroatoms. The maximum Gasteiger partial charge on any atom is 0.124 e. The first-order valence-electron chi connectivity index (χ1n) is 6.01. The average molecular weight is 232 g/mol. The Morgan fingerprint density at radius 1 is 1.35 bits per heavy atom. The van der Waals surface area contributed by atoms with Crippen molar-refractivity contribution in [3.05, 3.63) is 41.7 Å². The smallest absolute Gasteiger partial charge is 0.124 e. The van der Waals surface area contributed by atoms with Gasteiger partial charge in [0.15, 0.2) is 0 Å². The molecule has 17 heavy (non-hydrogen) atoms. The third kappa shape index (κ3) is 2.42. The summed E-state index contributed by atoms with van der Waals surface area (Å²) in [6.45, 7) is 3.69. The highest BCUT2D eigenvalue weighted by Gasteiger charge is 2.36. The molecule has 2 atom stereocenters. The number of hydrogen-bond acceptors (Lipinski definition) is 4. The first-order chi connectivity index (χ1) is 8.33. The third-order valence-electron chi connectivity index (χ3n) is 3.25. The van der Waals surface area contributed by atoms with Crippen molar-refractivity contribution in [1.29, 1.82) is 0 Å². The Morgan fingerprint density at radius 2 is 2.24 bits per heavy atom. The van der Waals surface area contributed by atoms with Crippen LogP contribution in [0.2, 0.25) is 0 Å². The summed E-state index contributed by atoms with van der Waals surface area (Å²) in [7, 11) is 0. The highest BCUT2D eigenvalue weighted by molar-refractivity contribution is 5.17. The zero-order valence-electron chi connectivity index (χ0n) is 9.85. The fraction of sp³-hybridized carbons (Fsp3) is 0.462. The number of hydrogen-bond donors (Lipinski definition) is 1. The second-order valence-electron chi connectivity index (χ2n) is 4.72. The molecule has 0 saturated heterocycles. The highest BCUT2D eigenvalue weighted by atomic mass is 16.5. The molecule has 90 valence electrons. The van der Waals surface area contributed by atoms with Crippen LogP contribution in [0.3, 0.4) is 0 Å². The molecule has 0 amide bonds. The lowest BCUT2D eigenvalue weighted by Crippen LogP contribution is -2.12. The van der Waals surface area contributed by atoms with E-state index in [1.807, 2.05) is 6.07 Å². The summed E-state index contributed by atoms with van der Waals surface area (Å²) >= 11 is 0. The van der Waals surface area contributed by atoms with E-state index < -0.39 is 0 Å². The van der Waals surface area contributed by atoms with Crippen LogP contribution < -0.4 is 5.32 Å². The molecule has 2 aromatic rings. The first-order valence-corrected chi connectivity index (χ1v) is 6.01. The van der Waals surface area contributed by atoms with Crippen molar-refractivity contribution < 1.29 is 8.94 Å². The van der Waals surface area contributed by atoms with Gasteiger partial charge in [-0.3, -0.25) is 0 Å². The van der Waals surface area contributed by atoms with Gasteiger partial charge in [-0.1, -0.05) is 12.1 Å². The Hall–Kier alpha value is -1.55. The van der Waals surface area contributed by atoms with Gasteiger partial charge < -0.3 is 14.3 Å². The van der Waals surface area contributed by atoms with Gasteiger partial charge in [0, 0.05) is 18.5 Å². The zero-order valence-corrected chi connectivity index (χ0v) is 9.85. The molecule has 1 aliphatic carbocycles. The van der Waals surface area contributed by atoms with E-state index in [0.29, 0.717) is 12.5 Å². The van der Waals surface area contributed by atoms with Crippen LogP contribution in [0.25, 0.3) is 0 Å². The highest BCUT2D eigenvalue weighted by Crippen LogP contribution is 2.47. The lowest BCUT2D eigenvalue weighted by atomic mass is 10.3. The SMILES string of the molecule is CC1CC1c1ccc(CNCc2ccon2)o1. The van der Waals surface area contributed by atoms with Crippen LogP contribution >= 0.6 is 0 Å². The molecule has 0 aliphatic heterocycles. The van der Waals surface area contributed by atoms with Crippen molar-refractivity contribution >= 4 is 0 Å². The molecule has 1 N–H and O–H groups in total. The number of nitrogens with zero attached hydrogens (tertiary/aromatic N) is 1. The van der Waals surface area contributed by atoms with Gasteiger partial charge in [0.05, 0.1) is 12.2 Å². The van der Waals surface area contributed by atoms with Crippen LogP contribution in [-0.2, 0) is 13.1 Å². The van der Waals surface area contributed by atoms with Crippen LogP contribution in [0.4, 0.5) is 0 Å². The topological polar surface area (TPSA) is 51.2 Å². The van der Waals surface area contributed by atoms with Crippen molar-refractivity contribution in [3.8, 4) is 0 Å². The van der Waals surface area contributed by atoms with Gasteiger partial charge in [-0.25, -0.2) is 0 Å². The predicted octanol–water partition coefficient (Wildman–Crippen LogP) is 2.68. The van der Waals surface area contributed by atoms with Gasteiger partial charge in [-0.05, 0) is 24.5 Å². The standard InChI is InChI=1S/C13H16N2O2/c1-9-6-12(9)13-3-2-11(17-13)8-14-7-10-4-5-16-15-10/h2-5,9,12,14H,6-8H2,1H3. The summed E-state index contributed by atoms with van der Waals surface area (Å²) < 4.78 is 10.6. The minimum absolute atomic E-state index is 0.652. The third-order valence-corrected chi connectivity index (χ3v) is 3.25. The summed E-state index contributed by atoms with van der Waals surface area (Å²) in [5.41, 5.74) is 0.910. The molecule has 0 radical (unpaired) electrons. The van der Waals surface area contributed by atoms with Gasteiger partial charge in [-0.15, -0.1) is 0 Å². The molecule has 2 heterocycles. The van der Waals surface area contributed by atoms with Gasteiger partial charge in [0.2, 0.25) is 0 Å². The Balaban J connectivity index is 1.50. The van der Waals surface area contributed by atoms with Gasteiger partial charge in [-0.2, -0.15) is 0 Å². The number of rotatable bonds is 5. The Kier molecular flexibility index (Phi) is 2.73. The van der Waals surface area contributed by atoms with Crippen LogP contribution in [0, 0.1) is 5.92 Å². The molecule has 3 rings (SSSR count). The fourth-order valence-electron chi connectivity index (χ4n) is 2.05. The normalized spacial score (nSPS) is 22.9. The van der Waals surface area contributed by atoms with E-state index in [1.54, 1.807) is 6.26 Å². The number of aromatic nitrogens is 1. The quantitative estimate of drug-likeness (QED) is 0.861. The van der Waals surface area contributed by atoms with E-state index in [0.717, 1.165) is 29.7 Å². The lowest BCUT2D eigenvalue weighted by Gasteiger charge is -1.99. The second kappa shape index (κ2) is 4.37. The molecule has 1 aliphatic rings. The van der Waals surface area contributed by atoms with Crippen LogP contribution in [0.15, 0.2) is 33.4 Å². The Bertz CT molecular complexity index is 475. The van der Waals surface area contributed by atoms with Crippen molar-refractivity contribution in [2.45, 2.75) is 32.4 Å². The van der Waals surface area contributed by atoms with Crippen molar-refractivity contribution in [2.75, 3.05) is 0 Å². The fourth-order valence-corrected chi connectivity index (χ4v) is 2.05. The van der Waals surface area contributed by atoms with E-state index in [4.69, 9.17) is 8.94 Å². The molecule has 2 unspecified atom stereocenters. The largest absolute Gasteiger partial charge is 0.464 e. The Labute approximate surface area is 100.0 Å². The molecule has 1 saturated carbocycles. The minimum atomic E-state index is 0.652. The molecule has 4 nitrogen and oxygen atoms in total. The van der Waals surface area contributed by atoms with Gasteiger partial charge in [0.1, 0.15) is 17.8 Å². The number of nitrogens with one attached hydrogen (secondary N) is 1. The lowest BCUT2D eigenvalue weighted by molar-refractivity contribution is 0.404. The molecule has 2 aromatic heterocycles. The summed E-state index contributed by atoms with van der Waals surface area (Å²) in [6.07, 6.45) is 2.84. The minimum Gasteiger partial charge on any atom is -0.464 e. The van der Waals surface area contributed by atoms with Crippen molar-refractivity contribution in [3.63, 3.8) is 0 Å². The van der Waals surface area contributed by atoms with Crippen molar-refractivity contribution in [1.82, 2.24) is 10.5 Å². The predicted molar refractivity (Wildman–Crippen MR) is 62.3 cm³/mol. The zero-order chi connectivity index (χ0) is 11.7. The van der Waals surface area contributed by atoms with Gasteiger partial charge >= 0.3 is 0 Å². The summed E-state index contributed by atoms with van der Waals surface area (Å²) in [4.78, 5) is 0. The summed E-state index contributed by atoms with van der Waals surface area (Å²) in [5.74, 6) is 3.56. The summed E-state index contributed by atoms with van der Waals surface area (Å²) in [6, 6.07) is 6.00. The van der Waals surface area contributed by atoms with Crippen LogP contribution in [0.1, 0.15) is 36.5 Å². The van der Waals surface area contributed by atoms with E-state index >= 15 is 0 Å². The molecule has 0 bridgehead atoms. The molecular weight excluding hydrogens is 216 g/mol. The molecular formula is C13H16N2O2. The van der Waals surface area contributed by atoms with E-state index in [1.165, 1.54) is 6.42 Å². The van der Waals surface area contributed by atoms with Crippen molar-refractivity contribution in [2.24, 2.45) is 5.92 Å². The summed E-state index contributed by atoms with van der Waals surface area (Å²) in [5, 5.41) is 7.10. The van der Waals surface area contributed by atoms with Crippen LogP contribution in [-0.4, -0.2) is 5.16 Å². The maximum atomic E-state index is 5.79.